The highest BCUT2D eigenvalue weighted by Gasteiger charge is 2.17. The zero-order valence-electron chi connectivity index (χ0n) is 11.4. The molecular weight excluding hydrogens is 332 g/mol. The van der Waals surface area contributed by atoms with Gasteiger partial charge < -0.3 is 15.8 Å². The second-order valence-corrected chi connectivity index (χ2v) is 5.83. The van der Waals surface area contributed by atoms with Crippen LogP contribution in [0.4, 0.5) is 11.4 Å². The number of benzene rings is 2. The fraction of sp³-hybridized carbons (Fsp3) is 0.188. The highest BCUT2D eigenvalue weighted by atomic mass is 79.9. The third kappa shape index (κ3) is 3.03. The minimum Gasteiger partial charge on any atom is -0.487 e. The first-order valence-electron chi connectivity index (χ1n) is 6.72. The van der Waals surface area contributed by atoms with Gasteiger partial charge in [0, 0.05) is 22.1 Å². The number of hydrogen-bond donors (Lipinski definition) is 2. The topological polar surface area (TPSA) is 64.3 Å². The van der Waals surface area contributed by atoms with Crippen LogP contribution in [0.3, 0.4) is 0 Å². The molecule has 2 aromatic rings. The fourth-order valence-electron chi connectivity index (χ4n) is 2.32. The molecule has 0 aliphatic carbocycles. The number of nitrogens with two attached hydrogens (primary N) is 1. The van der Waals surface area contributed by atoms with E-state index in [0.717, 1.165) is 21.3 Å². The predicted molar refractivity (Wildman–Crippen MR) is 86.3 cm³/mol. The van der Waals surface area contributed by atoms with E-state index in [9.17, 15) is 4.79 Å². The van der Waals surface area contributed by atoms with Crippen LogP contribution in [-0.4, -0.2) is 5.91 Å². The summed E-state index contributed by atoms with van der Waals surface area (Å²) in [5, 5.41) is 2.83. The molecule has 108 valence electrons. The van der Waals surface area contributed by atoms with Crippen LogP contribution in [0.15, 0.2) is 40.9 Å². The maximum absolute atomic E-state index is 11.4. The number of rotatable bonds is 3. The minimum absolute atomic E-state index is 0.0313. The van der Waals surface area contributed by atoms with Gasteiger partial charge in [0.05, 0.1) is 5.69 Å². The first-order chi connectivity index (χ1) is 10.1. The first kappa shape index (κ1) is 13.9. The van der Waals surface area contributed by atoms with Crippen LogP contribution in [0.25, 0.3) is 0 Å². The molecular formula is C16H15BrN2O2. The SMILES string of the molecule is Nc1cc2c(cc1OCc1ccccc1Br)CCC(=O)N2. The van der Waals surface area contributed by atoms with Crippen molar-refractivity contribution in [3.05, 3.63) is 52.0 Å². The number of carbonyl (C=O) groups is 1. The summed E-state index contributed by atoms with van der Waals surface area (Å²) in [5.41, 5.74) is 9.44. The molecule has 3 rings (SSSR count). The van der Waals surface area contributed by atoms with Crippen LogP contribution in [0.1, 0.15) is 17.5 Å². The Morgan fingerprint density at radius 2 is 2.05 bits per heavy atom. The molecule has 0 saturated carbocycles. The van der Waals surface area contributed by atoms with Crippen LogP contribution in [0, 0.1) is 0 Å². The number of aryl methyl sites for hydroxylation is 1. The average Bonchev–Trinajstić information content (AvgIpc) is 2.46. The molecule has 0 radical (unpaired) electrons. The molecule has 5 heteroatoms. The Bertz CT molecular complexity index is 701. The number of halogens is 1. The Kier molecular flexibility index (Phi) is 3.84. The van der Waals surface area contributed by atoms with Crippen molar-refractivity contribution in [2.75, 3.05) is 11.1 Å². The Labute approximate surface area is 131 Å². The van der Waals surface area contributed by atoms with Crippen molar-refractivity contribution in [2.45, 2.75) is 19.4 Å². The van der Waals surface area contributed by atoms with Crippen LogP contribution in [-0.2, 0) is 17.8 Å². The molecule has 0 bridgehead atoms. The summed E-state index contributed by atoms with van der Waals surface area (Å²) in [4.78, 5) is 11.4. The van der Waals surface area contributed by atoms with Crippen molar-refractivity contribution in [3.63, 3.8) is 0 Å². The lowest BCUT2D eigenvalue weighted by Gasteiger charge is -2.19. The van der Waals surface area contributed by atoms with Gasteiger partial charge in [-0.3, -0.25) is 4.79 Å². The Morgan fingerprint density at radius 1 is 1.24 bits per heavy atom. The van der Waals surface area contributed by atoms with Gasteiger partial charge in [0.2, 0.25) is 5.91 Å². The average molecular weight is 347 g/mol. The van der Waals surface area contributed by atoms with E-state index >= 15 is 0 Å². The van der Waals surface area contributed by atoms with Gasteiger partial charge in [-0.05, 0) is 30.2 Å². The standard InChI is InChI=1S/C16H15BrN2O2/c17-12-4-2-1-3-11(12)9-21-15-7-10-5-6-16(20)19-14(10)8-13(15)18/h1-4,7-8H,5-6,9,18H2,(H,19,20). The van der Waals surface area contributed by atoms with Crippen molar-refractivity contribution in [1.82, 2.24) is 0 Å². The largest absolute Gasteiger partial charge is 0.487 e. The molecule has 1 aliphatic heterocycles. The molecule has 0 unspecified atom stereocenters. The molecule has 3 N–H and O–H groups in total. The summed E-state index contributed by atoms with van der Waals surface area (Å²) >= 11 is 3.50. The van der Waals surface area contributed by atoms with Gasteiger partial charge in [-0.2, -0.15) is 0 Å². The van der Waals surface area contributed by atoms with Crippen LogP contribution in [0.2, 0.25) is 0 Å². The van der Waals surface area contributed by atoms with Crippen molar-refractivity contribution in [2.24, 2.45) is 0 Å². The Hall–Kier alpha value is -2.01. The minimum atomic E-state index is 0.0313. The Balaban J connectivity index is 1.80. The smallest absolute Gasteiger partial charge is 0.224 e. The second kappa shape index (κ2) is 5.77. The zero-order chi connectivity index (χ0) is 14.8. The predicted octanol–water partition coefficient (Wildman–Crippen LogP) is 3.50. The lowest BCUT2D eigenvalue weighted by atomic mass is 10.0. The molecule has 0 atom stereocenters. The summed E-state index contributed by atoms with van der Waals surface area (Å²) in [5.74, 6) is 0.685. The van der Waals surface area contributed by atoms with Gasteiger partial charge in [-0.15, -0.1) is 0 Å². The van der Waals surface area contributed by atoms with Crippen molar-refractivity contribution >= 4 is 33.2 Å². The maximum Gasteiger partial charge on any atom is 0.224 e. The molecule has 0 saturated heterocycles. The number of hydrogen-bond acceptors (Lipinski definition) is 3. The van der Waals surface area contributed by atoms with Gasteiger partial charge in [0.15, 0.2) is 0 Å². The zero-order valence-corrected chi connectivity index (χ0v) is 12.9. The van der Waals surface area contributed by atoms with Crippen LogP contribution < -0.4 is 15.8 Å². The monoisotopic (exact) mass is 346 g/mol. The lowest BCUT2D eigenvalue weighted by molar-refractivity contribution is -0.116. The van der Waals surface area contributed by atoms with Gasteiger partial charge in [0.1, 0.15) is 12.4 Å². The van der Waals surface area contributed by atoms with E-state index in [-0.39, 0.29) is 5.91 Å². The number of anilines is 2. The number of ether oxygens (including phenoxy) is 1. The number of fused-ring (bicyclic) bond motifs is 1. The molecule has 1 aliphatic rings. The van der Waals surface area contributed by atoms with E-state index in [0.29, 0.717) is 30.9 Å². The third-order valence-corrected chi connectivity index (χ3v) is 4.25. The number of nitrogen functional groups attached to an aromatic ring is 1. The van der Waals surface area contributed by atoms with Crippen molar-refractivity contribution in [1.29, 1.82) is 0 Å². The summed E-state index contributed by atoms with van der Waals surface area (Å²) in [6.07, 6.45) is 1.22. The third-order valence-electron chi connectivity index (χ3n) is 3.47. The summed E-state index contributed by atoms with van der Waals surface area (Å²) in [6.45, 7) is 0.441. The first-order valence-corrected chi connectivity index (χ1v) is 7.51. The van der Waals surface area contributed by atoms with Crippen molar-refractivity contribution in [3.8, 4) is 5.75 Å². The van der Waals surface area contributed by atoms with Gasteiger partial charge in [0.25, 0.3) is 0 Å². The maximum atomic E-state index is 11.4. The fourth-order valence-corrected chi connectivity index (χ4v) is 2.72. The van der Waals surface area contributed by atoms with E-state index in [1.807, 2.05) is 30.3 Å². The lowest BCUT2D eigenvalue weighted by Crippen LogP contribution is -2.19. The molecule has 0 fully saturated rings. The summed E-state index contributed by atoms with van der Waals surface area (Å²) in [7, 11) is 0. The van der Waals surface area contributed by atoms with E-state index in [4.69, 9.17) is 10.5 Å². The molecule has 1 heterocycles. The molecule has 1 amide bonds. The molecule has 0 spiro atoms. The van der Waals surface area contributed by atoms with Crippen molar-refractivity contribution < 1.29 is 9.53 Å². The van der Waals surface area contributed by atoms with Crippen LogP contribution >= 0.6 is 15.9 Å². The second-order valence-electron chi connectivity index (χ2n) is 4.98. The van der Waals surface area contributed by atoms with Crippen LogP contribution in [0.5, 0.6) is 5.75 Å². The highest BCUT2D eigenvalue weighted by molar-refractivity contribution is 9.10. The van der Waals surface area contributed by atoms with Gasteiger partial charge >= 0.3 is 0 Å². The summed E-state index contributed by atoms with van der Waals surface area (Å²) in [6, 6.07) is 11.6. The molecule has 0 aromatic heterocycles. The van der Waals surface area contributed by atoms with Gasteiger partial charge in [-0.1, -0.05) is 34.1 Å². The molecule has 4 nitrogen and oxygen atoms in total. The number of amides is 1. The van der Waals surface area contributed by atoms with E-state index in [1.54, 1.807) is 6.07 Å². The van der Waals surface area contributed by atoms with E-state index in [1.165, 1.54) is 0 Å². The number of nitrogens with one attached hydrogen (secondary N) is 1. The van der Waals surface area contributed by atoms with E-state index in [2.05, 4.69) is 21.2 Å². The Morgan fingerprint density at radius 3 is 2.86 bits per heavy atom. The number of carbonyl (C=O) groups excluding carboxylic acids is 1. The summed E-state index contributed by atoms with van der Waals surface area (Å²) < 4.78 is 6.84. The van der Waals surface area contributed by atoms with E-state index < -0.39 is 0 Å². The quantitative estimate of drug-likeness (QED) is 0.836. The molecule has 2 aromatic carbocycles. The van der Waals surface area contributed by atoms with Gasteiger partial charge in [-0.25, -0.2) is 0 Å². The normalized spacial score (nSPS) is 13.5. The highest BCUT2D eigenvalue weighted by Crippen LogP contribution is 2.33. The molecule has 21 heavy (non-hydrogen) atoms.